The lowest BCUT2D eigenvalue weighted by Gasteiger charge is -2.39. The van der Waals surface area contributed by atoms with Crippen LogP contribution in [0.2, 0.25) is 0 Å². The first-order valence-corrected chi connectivity index (χ1v) is 8.16. The minimum Gasteiger partial charge on any atom is -0.369 e. The van der Waals surface area contributed by atoms with E-state index in [0.717, 1.165) is 11.2 Å². The number of nitrogens with zero attached hydrogens (tertiary/aromatic N) is 1. The summed E-state index contributed by atoms with van der Waals surface area (Å²) in [5.41, 5.74) is 2.66. The first-order valence-electron chi connectivity index (χ1n) is 6.24. The van der Waals surface area contributed by atoms with Gasteiger partial charge in [-0.1, -0.05) is 44.8 Å². The lowest BCUT2D eigenvalue weighted by atomic mass is 9.91. The highest BCUT2D eigenvalue weighted by Crippen LogP contribution is 2.31. The first-order chi connectivity index (χ1) is 8.13. The summed E-state index contributed by atoms with van der Waals surface area (Å²) < 4.78 is 1.21. The van der Waals surface area contributed by atoms with Crippen LogP contribution >= 0.6 is 31.9 Å². The lowest BCUT2D eigenvalue weighted by molar-refractivity contribution is 0.363. The van der Waals surface area contributed by atoms with E-state index >= 15 is 0 Å². The quantitative estimate of drug-likeness (QED) is 0.673. The van der Waals surface area contributed by atoms with Crippen LogP contribution in [0.1, 0.15) is 32.3 Å². The molecule has 2 atom stereocenters. The molecule has 17 heavy (non-hydrogen) atoms. The van der Waals surface area contributed by atoms with Gasteiger partial charge in [0.25, 0.3) is 0 Å². The van der Waals surface area contributed by atoms with Crippen molar-refractivity contribution in [2.75, 3.05) is 11.4 Å². The van der Waals surface area contributed by atoms with Crippen LogP contribution in [0.5, 0.6) is 0 Å². The molecule has 0 spiro atoms. The van der Waals surface area contributed by atoms with Crippen LogP contribution in [0.15, 0.2) is 22.7 Å². The largest absolute Gasteiger partial charge is 0.369 e. The van der Waals surface area contributed by atoms with Gasteiger partial charge in [0.15, 0.2) is 0 Å². The molecule has 0 bridgehead atoms. The third kappa shape index (κ3) is 2.87. The molecule has 2 unspecified atom stereocenters. The topological polar surface area (TPSA) is 3.24 Å². The molecule has 1 fully saturated rings. The van der Waals surface area contributed by atoms with Crippen LogP contribution in [0.25, 0.3) is 0 Å². The molecule has 2 rings (SSSR count). The van der Waals surface area contributed by atoms with E-state index < -0.39 is 0 Å². The lowest BCUT2D eigenvalue weighted by Crippen LogP contribution is -2.42. The van der Waals surface area contributed by atoms with Gasteiger partial charge in [-0.15, -0.1) is 0 Å². The van der Waals surface area contributed by atoms with E-state index in [9.17, 15) is 0 Å². The van der Waals surface area contributed by atoms with Crippen molar-refractivity contribution in [2.45, 2.75) is 38.1 Å². The minimum absolute atomic E-state index is 0.644. The van der Waals surface area contributed by atoms with Crippen LogP contribution in [-0.4, -0.2) is 12.6 Å². The molecule has 0 amide bonds. The Labute approximate surface area is 121 Å². The number of halogens is 2. The highest BCUT2D eigenvalue weighted by molar-refractivity contribution is 9.10. The molecule has 1 aromatic rings. The molecule has 0 aliphatic carbocycles. The second kappa shape index (κ2) is 5.75. The van der Waals surface area contributed by atoms with Gasteiger partial charge >= 0.3 is 0 Å². The second-order valence-corrected chi connectivity index (χ2v) is 6.38. The maximum Gasteiger partial charge on any atom is 0.0380 e. The van der Waals surface area contributed by atoms with Crippen molar-refractivity contribution in [2.24, 2.45) is 5.92 Å². The highest BCUT2D eigenvalue weighted by Gasteiger charge is 2.24. The van der Waals surface area contributed by atoms with Gasteiger partial charge in [-0.05, 0) is 43.4 Å². The van der Waals surface area contributed by atoms with Crippen LogP contribution < -0.4 is 4.90 Å². The summed E-state index contributed by atoms with van der Waals surface area (Å²) >= 11 is 7.16. The molecular weight excluding hydrogens is 342 g/mol. The third-order valence-electron chi connectivity index (χ3n) is 3.89. The Morgan fingerprint density at radius 3 is 2.76 bits per heavy atom. The Kier molecular flexibility index (Phi) is 4.53. The summed E-state index contributed by atoms with van der Waals surface area (Å²) in [6, 6.07) is 7.35. The molecular formula is C14H19Br2N. The van der Waals surface area contributed by atoms with Gasteiger partial charge in [-0.2, -0.15) is 0 Å². The summed E-state index contributed by atoms with van der Waals surface area (Å²) in [7, 11) is 0. The summed E-state index contributed by atoms with van der Waals surface area (Å²) in [5.74, 6) is 0.790. The summed E-state index contributed by atoms with van der Waals surface area (Å²) in [6.45, 7) is 5.89. The molecule has 3 heteroatoms. The van der Waals surface area contributed by atoms with Crippen molar-refractivity contribution in [3.63, 3.8) is 0 Å². The molecule has 0 radical (unpaired) electrons. The molecule has 0 N–H and O–H groups in total. The fourth-order valence-electron chi connectivity index (χ4n) is 2.52. The number of hydrogen-bond acceptors (Lipinski definition) is 1. The molecule has 1 aliphatic heterocycles. The zero-order valence-electron chi connectivity index (χ0n) is 10.4. The second-order valence-electron chi connectivity index (χ2n) is 4.96. The maximum atomic E-state index is 3.65. The van der Waals surface area contributed by atoms with Crippen molar-refractivity contribution in [3.8, 4) is 0 Å². The molecule has 1 aliphatic rings. The Morgan fingerprint density at radius 2 is 2.12 bits per heavy atom. The normalized spacial score (nSPS) is 25.1. The van der Waals surface area contributed by atoms with E-state index in [1.54, 1.807) is 0 Å². The van der Waals surface area contributed by atoms with Crippen LogP contribution in [0, 0.1) is 5.92 Å². The number of alkyl halides is 1. The summed E-state index contributed by atoms with van der Waals surface area (Å²) in [4.78, 5) is 2.54. The van der Waals surface area contributed by atoms with Gasteiger partial charge in [0.1, 0.15) is 0 Å². The first kappa shape index (κ1) is 13.4. The number of anilines is 1. The van der Waals surface area contributed by atoms with Crippen LogP contribution in [0.4, 0.5) is 5.69 Å². The molecule has 0 saturated carbocycles. The van der Waals surface area contributed by atoms with E-state index in [1.165, 1.54) is 35.1 Å². The van der Waals surface area contributed by atoms with Crippen molar-refractivity contribution in [1.29, 1.82) is 0 Å². The molecule has 0 aromatic heterocycles. The predicted molar refractivity (Wildman–Crippen MR) is 82.0 cm³/mol. The monoisotopic (exact) mass is 359 g/mol. The number of rotatable bonds is 2. The Hall–Kier alpha value is -0.0200. The molecule has 1 heterocycles. The fraction of sp³-hybridized carbons (Fsp3) is 0.571. The van der Waals surface area contributed by atoms with Gasteiger partial charge in [-0.25, -0.2) is 0 Å². The van der Waals surface area contributed by atoms with Crippen molar-refractivity contribution in [1.82, 2.24) is 0 Å². The highest BCUT2D eigenvalue weighted by atomic mass is 79.9. The van der Waals surface area contributed by atoms with Crippen LogP contribution in [0.3, 0.4) is 0 Å². The van der Waals surface area contributed by atoms with Gasteiger partial charge in [0, 0.05) is 28.1 Å². The van der Waals surface area contributed by atoms with E-state index in [-0.39, 0.29) is 0 Å². The van der Waals surface area contributed by atoms with Gasteiger partial charge in [0.05, 0.1) is 0 Å². The summed E-state index contributed by atoms with van der Waals surface area (Å²) in [6.07, 6.45) is 2.67. The Bertz CT molecular complexity index is 392. The van der Waals surface area contributed by atoms with Gasteiger partial charge in [-0.3, -0.25) is 0 Å². The zero-order chi connectivity index (χ0) is 12.4. The third-order valence-corrected chi connectivity index (χ3v) is 5.23. The van der Waals surface area contributed by atoms with Crippen molar-refractivity contribution >= 4 is 37.5 Å². The fourth-order valence-corrected chi connectivity index (χ4v) is 3.90. The molecule has 1 nitrogen and oxygen atoms in total. The maximum absolute atomic E-state index is 3.65. The number of piperidine rings is 1. The van der Waals surface area contributed by atoms with E-state index in [4.69, 9.17) is 0 Å². The average molecular weight is 361 g/mol. The number of benzene rings is 1. The molecule has 94 valence electrons. The smallest absolute Gasteiger partial charge is 0.0380 e. The van der Waals surface area contributed by atoms with Crippen LogP contribution in [-0.2, 0) is 5.33 Å². The Morgan fingerprint density at radius 1 is 1.35 bits per heavy atom. The molecule has 1 aromatic carbocycles. The van der Waals surface area contributed by atoms with E-state index in [1.807, 2.05) is 0 Å². The van der Waals surface area contributed by atoms with Crippen molar-refractivity contribution in [3.05, 3.63) is 28.2 Å². The summed E-state index contributed by atoms with van der Waals surface area (Å²) in [5, 5.41) is 0.903. The SMILES string of the molecule is CC1CCCN(c2ccc(CBr)c(Br)c2)C1C. The van der Waals surface area contributed by atoms with E-state index in [0.29, 0.717) is 6.04 Å². The minimum atomic E-state index is 0.644. The Balaban J connectivity index is 2.24. The molecule has 1 saturated heterocycles. The van der Waals surface area contributed by atoms with Crippen molar-refractivity contribution < 1.29 is 0 Å². The average Bonchev–Trinajstić information content (AvgIpc) is 2.32. The zero-order valence-corrected chi connectivity index (χ0v) is 13.6. The van der Waals surface area contributed by atoms with Gasteiger partial charge in [0.2, 0.25) is 0 Å². The van der Waals surface area contributed by atoms with E-state index in [2.05, 4.69) is 68.8 Å². The number of hydrogen-bond donors (Lipinski definition) is 0. The van der Waals surface area contributed by atoms with Gasteiger partial charge < -0.3 is 4.90 Å². The predicted octanol–water partition coefficient (Wildman–Crippen LogP) is 4.97. The standard InChI is InChI=1S/C14H19Br2N/c1-10-4-3-7-17(11(10)2)13-6-5-12(9-15)14(16)8-13/h5-6,8,10-11H,3-4,7,9H2,1-2H3.